The van der Waals surface area contributed by atoms with Crippen LogP contribution in [0.25, 0.3) is 11.0 Å². The molecule has 7 heteroatoms. The number of carbonyl (C=O) groups excluding carboxylic acids is 1. The summed E-state index contributed by atoms with van der Waals surface area (Å²) in [6.07, 6.45) is 3.84. The lowest BCUT2D eigenvalue weighted by Crippen LogP contribution is -2.35. The molecule has 2 heterocycles. The highest BCUT2D eigenvalue weighted by Crippen LogP contribution is 2.28. The van der Waals surface area contributed by atoms with E-state index in [9.17, 15) is 13.2 Å². The molecule has 0 radical (unpaired) electrons. The van der Waals surface area contributed by atoms with Crippen molar-refractivity contribution in [3.63, 3.8) is 0 Å². The van der Waals surface area contributed by atoms with Gasteiger partial charge in [-0.2, -0.15) is 4.31 Å². The molecule has 33 heavy (non-hydrogen) atoms. The second kappa shape index (κ2) is 10.1. The number of fused-ring (bicyclic) bond motifs is 1. The molecule has 3 aromatic rings. The van der Waals surface area contributed by atoms with Crippen LogP contribution in [0.1, 0.15) is 56.9 Å². The second-order valence-corrected chi connectivity index (χ2v) is 10.6. The maximum absolute atomic E-state index is 13.0. The number of carbonyl (C=O) groups is 1. The van der Waals surface area contributed by atoms with Crippen molar-refractivity contribution in [3.05, 3.63) is 65.9 Å². The van der Waals surface area contributed by atoms with E-state index < -0.39 is 10.0 Å². The van der Waals surface area contributed by atoms with Crippen LogP contribution in [0.3, 0.4) is 0 Å². The fraction of sp³-hybridized carbons (Fsp3) is 0.423. The number of nitrogens with zero attached hydrogens (tertiary/aromatic N) is 2. The number of furan rings is 1. The van der Waals surface area contributed by atoms with Crippen molar-refractivity contribution in [1.29, 1.82) is 0 Å². The minimum atomic E-state index is -3.43. The fourth-order valence-corrected chi connectivity index (χ4v) is 6.02. The first-order valence-electron chi connectivity index (χ1n) is 11.8. The lowest BCUT2D eigenvalue weighted by Gasteiger charge is -2.27. The van der Waals surface area contributed by atoms with Gasteiger partial charge in [-0.15, -0.1) is 0 Å². The van der Waals surface area contributed by atoms with Gasteiger partial charge in [0.15, 0.2) is 0 Å². The van der Waals surface area contributed by atoms with Crippen molar-refractivity contribution in [2.24, 2.45) is 0 Å². The molecule has 2 aromatic carbocycles. The number of rotatable bonds is 8. The number of sulfonamides is 1. The van der Waals surface area contributed by atoms with Gasteiger partial charge in [0.05, 0.1) is 10.9 Å². The molecule has 176 valence electrons. The van der Waals surface area contributed by atoms with Gasteiger partial charge in [0.2, 0.25) is 15.9 Å². The molecule has 0 bridgehead atoms. The van der Waals surface area contributed by atoms with Crippen molar-refractivity contribution in [3.8, 4) is 0 Å². The quantitative estimate of drug-likeness (QED) is 0.458. The topological polar surface area (TPSA) is 70.8 Å². The van der Waals surface area contributed by atoms with Gasteiger partial charge in [0, 0.05) is 31.4 Å². The van der Waals surface area contributed by atoms with Crippen molar-refractivity contribution >= 4 is 26.9 Å². The Bertz CT molecular complexity index is 1160. The third kappa shape index (κ3) is 5.14. The van der Waals surface area contributed by atoms with Gasteiger partial charge < -0.3 is 9.32 Å². The molecular formula is C26H32N2O4S. The lowest BCUT2D eigenvalue weighted by atomic mass is 10.1. The van der Waals surface area contributed by atoms with E-state index >= 15 is 0 Å². The summed E-state index contributed by atoms with van der Waals surface area (Å²) in [6.45, 7) is 5.73. The summed E-state index contributed by atoms with van der Waals surface area (Å²) >= 11 is 0. The van der Waals surface area contributed by atoms with Crippen molar-refractivity contribution in [1.82, 2.24) is 9.21 Å². The number of para-hydroxylation sites is 1. The normalized spacial score (nSPS) is 16.1. The molecule has 0 aliphatic carbocycles. The van der Waals surface area contributed by atoms with Gasteiger partial charge in [0.25, 0.3) is 0 Å². The Morgan fingerprint density at radius 1 is 1.06 bits per heavy atom. The molecule has 0 saturated carbocycles. The maximum Gasteiger partial charge on any atom is 0.243 e. The number of aryl methyl sites for hydroxylation is 1. The van der Waals surface area contributed by atoms with Gasteiger partial charge in [-0.3, -0.25) is 4.79 Å². The largest absolute Gasteiger partial charge is 0.459 e. The molecule has 0 N–H and O–H groups in total. The molecule has 1 aliphatic heterocycles. The van der Waals surface area contributed by atoms with Crippen molar-refractivity contribution in [2.45, 2.75) is 56.9 Å². The molecule has 6 nitrogen and oxygen atoms in total. The van der Waals surface area contributed by atoms with E-state index in [0.717, 1.165) is 41.6 Å². The van der Waals surface area contributed by atoms with Gasteiger partial charge in [-0.1, -0.05) is 36.8 Å². The van der Waals surface area contributed by atoms with E-state index in [-0.39, 0.29) is 11.9 Å². The van der Waals surface area contributed by atoms with E-state index in [1.54, 1.807) is 16.4 Å². The third-order valence-electron chi connectivity index (χ3n) is 6.49. The predicted molar refractivity (Wildman–Crippen MR) is 129 cm³/mol. The second-order valence-electron chi connectivity index (χ2n) is 8.65. The molecule has 0 spiro atoms. The zero-order valence-corrected chi connectivity index (χ0v) is 20.2. The van der Waals surface area contributed by atoms with Crippen molar-refractivity contribution < 1.29 is 17.6 Å². The highest BCUT2D eigenvalue weighted by molar-refractivity contribution is 7.89. The molecule has 1 atom stereocenters. The van der Waals surface area contributed by atoms with Gasteiger partial charge in [-0.05, 0) is 62.9 Å². The van der Waals surface area contributed by atoms with Crippen LogP contribution in [-0.4, -0.2) is 43.2 Å². The summed E-state index contributed by atoms with van der Waals surface area (Å²) in [5.74, 6) is 0.828. The Labute approximate surface area is 196 Å². The molecule has 1 unspecified atom stereocenters. The van der Waals surface area contributed by atoms with Crippen LogP contribution in [-0.2, 0) is 21.2 Å². The standard InChI is InChI=1S/C26H32N2O4S/c1-3-28(20(2)25-19-22-9-5-6-10-24(22)32-25)26(29)16-13-21-11-14-23(15-12-21)33(30,31)27-17-7-4-8-18-27/h5-6,9-12,14-15,19-20H,3-4,7-8,13,16-18H2,1-2H3. The van der Waals surface area contributed by atoms with Crippen LogP contribution in [0.4, 0.5) is 0 Å². The van der Waals surface area contributed by atoms with E-state index in [0.29, 0.717) is 37.4 Å². The molecule has 1 amide bonds. The average Bonchev–Trinajstić information content (AvgIpc) is 3.28. The minimum Gasteiger partial charge on any atom is -0.459 e. The van der Waals surface area contributed by atoms with Crippen LogP contribution in [0.5, 0.6) is 0 Å². The lowest BCUT2D eigenvalue weighted by molar-refractivity contribution is -0.133. The SMILES string of the molecule is CCN(C(=O)CCc1ccc(S(=O)(=O)N2CCCCC2)cc1)C(C)c1cc2ccccc2o1. The van der Waals surface area contributed by atoms with E-state index in [1.807, 2.05) is 61.2 Å². The van der Waals surface area contributed by atoms with Crippen LogP contribution >= 0.6 is 0 Å². The van der Waals surface area contributed by atoms with Crippen molar-refractivity contribution in [2.75, 3.05) is 19.6 Å². The first kappa shape index (κ1) is 23.5. The minimum absolute atomic E-state index is 0.0514. The molecule has 4 rings (SSSR count). The monoisotopic (exact) mass is 468 g/mol. The Morgan fingerprint density at radius 2 is 1.76 bits per heavy atom. The summed E-state index contributed by atoms with van der Waals surface area (Å²) in [6, 6.07) is 16.7. The van der Waals surface area contributed by atoms with Gasteiger partial charge in [-0.25, -0.2) is 8.42 Å². The summed E-state index contributed by atoms with van der Waals surface area (Å²) < 4.78 is 33.2. The zero-order chi connectivity index (χ0) is 23.4. The Balaban J connectivity index is 1.38. The number of hydrogen-bond acceptors (Lipinski definition) is 4. The number of piperidine rings is 1. The first-order valence-corrected chi connectivity index (χ1v) is 13.2. The number of benzene rings is 2. The first-order chi connectivity index (χ1) is 15.9. The molecule has 1 aliphatic rings. The number of amides is 1. The van der Waals surface area contributed by atoms with Crippen LogP contribution in [0.2, 0.25) is 0 Å². The molecular weight excluding hydrogens is 436 g/mol. The molecule has 1 fully saturated rings. The summed E-state index contributed by atoms with van der Waals surface area (Å²) in [4.78, 5) is 15.1. The highest BCUT2D eigenvalue weighted by atomic mass is 32.2. The Morgan fingerprint density at radius 3 is 2.42 bits per heavy atom. The predicted octanol–water partition coefficient (Wildman–Crippen LogP) is 5.15. The summed E-state index contributed by atoms with van der Waals surface area (Å²) in [7, 11) is -3.43. The Kier molecular flexibility index (Phi) is 7.20. The van der Waals surface area contributed by atoms with Gasteiger partial charge >= 0.3 is 0 Å². The Hall–Kier alpha value is -2.64. The smallest absolute Gasteiger partial charge is 0.243 e. The van der Waals surface area contributed by atoms with E-state index in [1.165, 1.54) is 0 Å². The maximum atomic E-state index is 13.0. The van der Waals surface area contributed by atoms with Crippen LogP contribution in [0.15, 0.2) is 63.9 Å². The van der Waals surface area contributed by atoms with E-state index in [4.69, 9.17) is 4.42 Å². The molecule has 1 aromatic heterocycles. The van der Waals surface area contributed by atoms with Crippen LogP contribution in [0, 0.1) is 0 Å². The highest BCUT2D eigenvalue weighted by Gasteiger charge is 2.26. The number of hydrogen-bond donors (Lipinski definition) is 0. The fourth-order valence-electron chi connectivity index (χ4n) is 4.51. The zero-order valence-electron chi connectivity index (χ0n) is 19.4. The van der Waals surface area contributed by atoms with Gasteiger partial charge in [0.1, 0.15) is 11.3 Å². The summed E-state index contributed by atoms with van der Waals surface area (Å²) in [5.41, 5.74) is 1.77. The van der Waals surface area contributed by atoms with Crippen LogP contribution < -0.4 is 0 Å². The third-order valence-corrected chi connectivity index (χ3v) is 8.40. The summed E-state index contributed by atoms with van der Waals surface area (Å²) in [5, 5.41) is 1.03. The molecule has 1 saturated heterocycles. The average molecular weight is 469 g/mol. The van der Waals surface area contributed by atoms with E-state index in [2.05, 4.69) is 0 Å².